The van der Waals surface area contributed by atoms with E-state index >= 15 is 0 Å². The number of carbonyl (C=O) groups excluding carboxylic acids is 1. The number of rotatable bonds is 8. The molecule has 0 aliphatic heterocycles. The number of halogens is 1. The summed E-state index contributed by atoms with van der Waals surface area (Å²) >= 11 is 3.87. The minimum atomic E-state index is -2.78. The molecule has 1 aromatic heterocycles. The second kappa shape index (κ2) is 11.6. The van der Waals surface area contributed by atoms with Crippen molar-refractivity contribution in [3.63, 3.8) is 0 Å². The highest BCUT2D eigenvalue weighted by Crippen LogP contribution is 2.29. The number of anilines is 2. The number of imidazole rings is 1. The molecule has 0 bridgehead atoms. The van der Waals surface area contributed by atoms with E-state index in [2.05, 4.69) is 23.0 Å². The van der Waals surface area contributed by atoms with Gasteiger partial charge in [0, 0.05) is 30.5 Å². The Hall–Kier alpha value is -2.68. The van der Waals surface area contributed by atoms with Gasteiger partial charge >= 0.3 is 0 Å². The maximum atomic E-state index is 13.1. The van der Waals surface area contributed by atoms with Crippen molar-refractivity contribution in [1.29, 1.82) is 0 Å². The molecule has 1 aliphatic rings. The van der Waals surface area contributed by atoms with Crippen LogP contribution in [0.5, 0.6) is 0 Å². The highest BCUT2D eigenvalue weighted by atomic mass is 35.5. The van der Waals surface area contributed by atoms with Gasteiger partial charge in [0.2, 0.25) is 0 Å². The fraction of sp³-hybridized carbons (Fsp3) is 0.407. The topological polar surface area (TPSA) is 81.5 Å². The van der Waals surface area contributed by atoms with Gasteiger partial charge in [0.05, 0.1) is 23.5 Å². The quantitative estimate of drug-likeness (QED) is 0.353. The van der Waals surface area contributed by atoms with Crippen LogP contribution in [0, 0.1) is 19.8 Å². The molecule has 36 heavy (non-hydrogen) atoms. The first kappa shape index (κ1) is 26.4. The summed E-state index contributed by atoms with van der Waals surface area (Å²) in [5.41, 5.74) is 3.26. The Morgan fingerprint density at radius 1 is 1.11 bits per heavy atom. The molecule has 0 spiro atoms. The molecule has 1 unspecified atom stereocenters. The lowest BCUT2D eigenvalue weighted by Crippen LogP contribution is -2.32. The number of benzene rings is 2. The van der Waals surface area contributed by atoms with Crippen molar-refractivity contribution in [2.45, 2.75) is 52.5 Å². The lowest BCUT2D eigenvalue weighted by molar-refractivity contribution is 0.100. The first-order chi connectivity index (χ1) is 17.2. The minimum absolute atomic E-state index is 0.0530. The average molecular weight is 528 g/mol. The van der Waals surface area contributed by atoms with Crippen molar-refractivity contribution in [3.8, 4) is 0 Å². The fourth-order valence-electron chi connectivity index (χ4n) is 4.77. The van der Waals surface area contributed by atoms with Crippen LogP contribution in [0.1, 0.15) is 59.5 Å². The largest absolute Gasteiger partial charge is 0.755 e. The maximum absolute atomic E-state index is 13.1. The van der Waals surface area contributed by atoms with E-state index in [4.69, 9.17) is 11.6 Å². The third-order valence-corrected chi connectivity index (χ3v) is 7.90. The van der Waals surface area contributed by atoms with Gasteiger partial charge in [-0.05, 0) is 62.4 Å². The number of amides is 1. The molecule has 9 heteroatoms. The molecule has 0 saturated heterocycles. The van der Waals surface area contributed by atoms with E-state index in [0.29, 0.717) is 17.4 Å². The molecule has 4 rings (SSSR count). The molecule has 1 saturated carbocycles. The summed E-state index contributed by atoms with van der Waals surface area (Å²) in [5, 5.41) is 0.644. The second-order valence-corrected chi connectivity index (χ2v) is 10.8. The van der Waals surface area contributed by atoms with Crippen LogP contribution in [0.25, 0.3) is 0 Å². The molecule has 1 fully saturated rings. The predicted octanol–water partition coefficient (Wildman–Crippen LogP) is 5.66. The first-order valence-corrected chi connectivity index (χ1v) is 13.7. The Bertz CT molecular complexity index is 1240. The zero-order valence-electron chi connectivity index (χ0n) is 20.9. The molecule has 1 atom stereocenters. The Balaban J connectivity index is 1.49. The summed E-state index contributed by atoms with van der Waals surface area (Å²) < 4.78 is 26.3. The van der Waals surface area contributed by atoms with Crippen LogP contribution in [-0.4, -0.2) is 37.8 Å². The van der Waals surface area contributed by atoms with Crippen LogP contribution in [0.4, 0.5) is 11.4 Å². The van der Waals surface area contributed by atoms with Gasteiger partial charge in [-0.1, -0.05) is 54.6 Å². The molecule has 7 nitrogen and oxygen atoms in total. The third-order valence-electron chi connectivity index (χ3n) is 6.87. The third kappa shape index (κ3) is 6.17. The van der Waals surface area contributed by atoms with E-state index in [9.17, 15) is 13.6 Å². The van der Waals surface area contributed by atoms with Gasteiger partial charge in [-0.15, -0.1) is 0 Å². The summed E-state index contributed by atoms with van der Waals surface area (Å²) in [6.45, 7) is 5.12. The average Bonchev–Trinajstić information content (AvgIpc) is 3.22. The van der Waals surface area contributed by atoms with Gasteiger partial charge in [0.25, 0.3) is 5.91 Å². The standard InChI is InChI=1S/C27H33ClN4O3S/c1-19-9-12-23(13-10-19)32(36(34)35)27(33)26-18-31(20(2)29-26)17-22-11-14-24(15-25(22)28)30(3)16-21-7-5-4-6-8-21/h9-15,18,21H,4-8,16-17H2,1-3H3,(H,34,35)/p-1. The second-order valence-electron chi connectivity index (χ2n) is 9.61. The summed E-state index contributed by atoms with van der Waals surface area (Å²) in [6.07, 6.45) is 8.14. The first-order valence-electron chi connectivity index (χ1n) is 12.3. The van der Waals surface area contributed by atoms with E-state index in [1.807, 2.05) is 19.1 Å². The summed E-state index contributed by atoms with van der Waals surface area (Å²) in [4.78, 5) is 19.7. The number of aryl methyl sites for hydroxylation is 2. The summed E-state index contributed by atoms with van der Waals surface area (Å²) in [5.74, 6) is 0.614. The Morgan fingerprint density at radius 3 is 2.42 bits per heavy atom. The molecule has 1 amide bonds. The van der Waals surface area contributed by atoms with E-state index in [-0.39, 0.29) is 11.4 Å². The number of nitrogens with zero attached hydrogens (tertiary/aromatic N) is 4. The van der Waals surface area contributed by atoms with Crippen molar-refractivity contribution < 1.29 is 13.6 Å². The molecule has 3 aromatic rings. The molecule has 0 radical (unpaired) electrons. The molecule has 0 N–H and O–H groups in total. The number of hydrogen-bond acceptors (Lipinski definition) is 5. The molecule has 1 heterocycles. The lowest BCUT2D eigenvalue weighted by atomic mass is 9.89. The predicted molar refractivity (Wildman–Crippen MR) is 144 cm³/mol. The van der Waals surface area contributed by atoms with E-state index < -0.39 is 17.2 Å². The molecule has 1 aliphatic carbocycles. The van der Waals surface area contributed by atoms with E-state index in [1.54, 1.807) is 42.0 Å². The number of hydrogen-bond donors (Lipinski definition) is 0. The Labute approximate surface area is 220 Å². The van der Waals surface area contributed by atoms with E-state index in [1.165, 1.54) is 32.1 Å². The lowest BCUT2D eigenvalue weighted by Gasteiger charge is -2.28. The molecule has 192 valence electrons. The monoisotopic (exact) mass is 527 g/mol. The van der Waals surface area contributed by atoms with Gasteiger partial charge in [0.15, 0.2) is 0 Å². The molecular formula is C27H32ClN4O3S-. The summed E-state index contributed by atoms with van der Waals surface area (Å²) in [6, 6.07) is 12.8. The van der Waals surface area contributed by atoms with Crippen molar-refractivity contribution in [1.82, 2.24) is 9.55 Å². The molecule has 2 aromatic carbocycles. The Kier molecular flexibility index (Phi) is 8.49. The number of aromatic nitrogens is 2. The van der Waals surface area contributed by atoms with Crippen molar-refractivity contribution in [2.24, 2.45) is 5.92 Å². The van der Waals surface area contributed by atoms with Gasteiger partial charge in [0.1, 0.15) is 11.5 Å². The van der Waals surface area contributed by atoms with Crippen LogP contribution in [-0.2, 0) is 17.8 Å². The fourth-order valence-corrected chi connectivity index (χ4v) is 5.53. The highest BCUT2D eigenvalue weighted by Gasteiger charge is 2.23. The van der Waals surface area contributed by atoms with Crippen molar-refractivity contribution in [2.75, 3.05) is 22.8 Å². The van der Waals surface area contributed by atoms with Gasteiger partial charge < -0.3 is 14.0 Å². The molecular weight excluding hydrogens is 496 g/mol. The van der Waals surface area contributed by atoms with Crippen LogP contribution in [0.15, 0.2) is 48.7 Å². The normalized spacial score (nSPS) is 15.0. The Morgan fingerprint density at radius 2 is 1.78 bits per heavy atom. The zero-order chi connectivity index (χ0) is 25.8. The van der Waals surface area contributed by atoms with E-state index in [0.717, 1.165) is 33.6 Å². The van der Waals surface area contributed by atoms with Crippen LogP contribution >= 0.6 is 11.6 Å². The number of carbonyl (C=O) groups is 1. The minimum Gasteiger partial charge on any atom is -0.755 e. The van der Waals surface area contributed by atoms with Crippen LogP contribution in [0.3, 0.4) is 0 Å². The van der Waals surface area contributed by atoms with Gasteiger partial charge in [-0.25, -0.2) is 9.29 Å². The van der Waals surface area contributed by atoms with Crippen molar-refractivity contribution in [3.05, 3.63) is 76.3 Å². The smallest absolute Gasteiger partial charge is 0.289 e. The van der Waals surface area contributed by atoms with Crippen LogP contribution < -0.4 is 9.21 Å². The zero-order valence-corrected chi connectivity index (χ0v) is 22.5. The SMILES string of the molecule is Cc1ccc(N(C(=O)c2cn(Cc3ccc(N(C)CC4CCCCC4)cc3Cl)c(C)n2)S(=O)[O-])cc1. The summed E-state index contributed by atoms with van der Waals surface area (Å²) in [7, 11) is 2.11. The highest BCUT2D eigenvalue weighted by molar-refractivity contribution is 7.81. The van der Waals surface area contributed by atoms with Crippen molar-refractivity contribution >= 4 is 40.1 Å². The van der Waals surface area contributed by atoms with Gasteiger partial charge in [-0.2, -0.15) is 0 Å². The van der Waals surface area contributed by atoms with Crippen LogP contribution in [0.2, 0.25) is 5.02 Å². The van der Waals surface area contributed by atoms with Gasteiger partial charge in [-0.3, -0.25) is 9.00 Å². The maximum Gasteiger partial charge on any atom is 0.289 e.